The lowest BCUT2D eigenvalue weighted by Crippen LogP contribution is -2.49. The van der Waals surface area contributed by atoms with Crippen molar-refractivity contribution in [2.75, 3.05) is 31.1 Å². The van der Waals surface area contributed by atoms with Crippen molar-refractivity contribution in [3.63, 3.8) is 0 Å². The molecule has 2 aliphatic heterocycles. The number of halogens is 1. The van der Waals surface area contributed by atoms with E-state index in [4.69, 9.17) is 0 Å². The number of amides is 1. The number of hydrogen-bond acceptors (Lipinski definition) is 5. The molecule has 1 amide bonds. The lowest BCUT2D eigenvalue weighted by atomic mass is 10.1. The Labute approximate surface area is 186 Å². The Balaban J connectivity index is 1.33. The fourth-order valence-electron chi connectivity index (χ4n) is 4.03. The Morgan fingerprint density at radius 1 is 1.17 bits per heavy atom. The number of benzene rings is 1. The minimum atomic E-state index is 0.0673. The van der Waals surface area contributed by atoms with Crippen molar-refractivity contribution < 1.29 is 4.79 Å². The van der Waals surface area contributed by atoms with Crippen molar-refractivity contribution in [3.8, 4) is 11.3 Å². The highest BCUT2D eigenvalue weighted by molar-refractivity contribution is 9.11. The number of carbonyl (C=O) groups excluding carboxylic acids is 1. The van der Waals surface area contributed by atoms with Gasteiger partial charge < -0.3 is 9.80 Å². The highest BCUT2D eigenvalue weighted by Gasteiger charge is 2.31. The molecule has 0 radical (unpaired) electrons. The summed E-state index contributed by atoms with van der Waals surface area (Å²) in [5.74, 6) is 0.854. The smallest absolute Gasteiger partial charge is 0.272 e. The molecule has 1 fully saturated rings. The molecule has 1 saturated heterocycles. The van der Waals surface area contributed by atoms with Gasteiger partial charge in [-0.05, 0) is 53.0 Å². The highest BCUT2D eigenvalue weighted by Crippen LogP contribution is 2.47. The molecule has 1 N–H and O–H groups in total. The average molecular weight is 489 g/mol. The van der Waals surface area contributed by atoms with E-state index in [2.05, 4.69) is 69.1 Å². The molecule has 5 rings (SSSR count). The number of anilines is 1. The van der Waals surface area contributed by atoms with Crippen LogP contribution in [-0.4, -0.2) is 47.2 Å². The molecule has 2 aliphatic rings. The number of carbonyl (C=O) groups is 1. The van der Waals surface area contributed by atoms with Crippen molar-refractivity contribution >= 4 is 50.6 Å². The quantitative estimate of drug-likeness (QED) is 0.545. The van der Waals surface area contributed by atoms with Gasteiger partial charge in [-0.1, -0.05) is 12.1 Å². The molecule has 0 spiro atoms. The second kappa shape index (κ2) is 7.49. The maximum atomic E-state index is 13.2. The van der Waals surface area contributed by atoms with Gasteiger partial charge >= 0.3 is 0 Å². The molecule has 29 heavy (non-hydrogen) atoms. The van der Waals surface area contributed by atoms with Crippen LogP contribution in [0.4, 0.5) is 5.69 Å². The number of aromatic amines is 1. The number of fused-ring (bicyclic) bond motifs is 3. The van der Waals surface area contributed by atoms with Crippen LogP contribution in [0.5, 0.6) is 0 Å². The van der Waals surface area contributed by atoms with Crippen LogP contribution < -0.4 is 4.90 Å². The Hall–Kier alpha value is -1.77. The van der Waals surface area contributed by atoms with E-state index in [0.29, 0.717) is 5.69 Å². The molecule has 150 valence electrons. The van der Waals surface area contributed by atoms with Gasteiger partial charge in [0.2, 0.25) is 0 Å². The van der Waals surface area contributed by atoms with E-state index in [9.17, 15) is 4.79 Å². The maximum absolute atomic E-state index is 13.2. The number of rotatable bonds is 2. The van der Waals surface area contributed by atoms with Gasteiger partial charge in [-0.3, -0.25) is 9.89 Å². The van der Waals surface area contributed by atoms with Gasteiger partial charge in [-0.2, -0.15) is 5.10 Å². The van der Waals surface area contributed by atoms with Gasteiger partial charge in [0.1, 0.15) is 5.69 Å². The number of piperazine rings is 1. The van der Waals surface area contributed by atoms with Gasteiger partial charge in [-0.15, -0.1) is 23.1 Å². The average Bonchev–Trinajstić information content (AvgIpc) is 3.32. The van der Waals surface area contributed by atoms with Gasteiger partial charge in [0.25, 0.3) is 5.91 Å². The Morgan fingerprint density at radius 3 is 2.76 bits per heavy atom. The number of thiophene rings is 1. The summed E-state index contributed by atoms with van der Waals surface area (Å²) in [6, 6.07) is 8.66. The van der Waals surface area contributed by atoms with E-state index >= 15 is 0 Å². The van der Waals surface area contributed by atoms with Crippen LogP contribution in [-0.2, 0) is 5.75 Å². The van der Waals surface area contributed by atoms with Crippen molar-refractivity contribution in [3.05, 3.63) is 50.4 Å². The van der Waals surface area contributed by atoms with E-state index in [-0.39, 0.29) is 5.91 Å². The second-order valence-corrected chi connectivity index (χ2v) is 11.2. The minimum absolute atomic E-state index is 0.0673. The normalized spacial score (nSPS) is 16.0. The third-order valence-corrected chi connectivity index (χ3v) is 8.58. The topological polar surface area (TPSA) is 52.2 Å². The van der Waals surface area contributed by atoms with Gasteiger partial charge in [-0.25, -0.2) is 0 Å². The summed E-state index contributed by atoms with van der Waals surface area (Å²) >= 11 is 7.07. The molecular weight excluding hydrogens is 468 g/mol. The monoisotopic (exact) mass is 488 g/mol. The first-order valence-corrected chi connectivity index (χ1v) is 12.2. The number of nitrogens with zero attached hydrogens (tertiary/aromatic N) is 3. The molecule has 5 nitrogen and oxygen atoms in total. The molecular formula is C21H21BrN4OS2. The second-order valence-electron chi connectivity index (χ2n) is 7.54. The predicted octanol–water partition coefficient (Wildman–Crippen LogP) is 5.09. The number of H-pyrrole nitrogens is 1. The molecule has 8 heteroatoms. The van der Waals surface area contributed by atoms with Gasteiger partial charge in [0, 0.05) is 48.7 Å². The van der Waals surface area contributed by atoms with Crippen LogP contribution >= 0.6 is 39.0 Å². The predicted molar refractivity (Wildman–Crippen MR) is 123 cm³/mol. The molecule has 2 aromatic heterocycles. The Bertz CT molecular complexity index is 1100. The molecule has 1 aromatic carbocycles. The van der Waals surface area contributed by atoms with Crippen molar-refractivity contribution in [1.82, 2.24) is 15.1 Å². The van der Waals surface area contributed by atoms with Crippen molar-refractivity contribution in [1.29, 1.82) is 0 Å². The van der Waals surface area contributed by atoms with Crippen LogP contribution in [0.15, 0.2) is 32.3 Å². The van der Waals surface area contributed by atoms with Crippen LogP contribution in [0.2, 0.25) is 0 Å². The van der Waals surface area contributed by atoms with E-state index in [0.717, 1.165) is 52.5 Å². The first-order valence-electron chi connectivity index (χ1n) is 9.62. The largest absolute Gasteiger partial charge is 0.368 e. The minimum Gasteiger partial charge on any atom is -0.368 e. The lowest BCUT2D eigenvalue weighted by Gasteiger charge is -2.37. The number of hydrogen-bond donors (Lipinski definition) is 1. The third-order valence-electron chi connectivity index (χ3n) is 5.62. The molecule has 0 saturated carbocycles. The number of aryl methyl sites for hydroxylation is 2. The summed E-state index contributed by atoms with van der Waals surface area (Å²) in [6.07, 6.45) is 0. The zero-order valence-corrected chi connectivity index (χ0v) is 19.5. The Kier molecular flexibility index (Phi) is 4.96. The van der Waals surface area contributed by atoms with E-state index in [1.807, 2.05) is 4.90 Å². The van der Waals surface area contributed by atoms with E-state index in [1.54, 1.807) is 23.1 Å². The zero-order valence-electron chi connectivity index (χ0n) is 16.3. The maximum Gasteiger partial charge on any atom is 0.272 e. The summed E-state index contributed by atoms with van der Waals surface area (Å²) in [5, 5.41) is 7.54. The van der Waals surface area contributed by atoms with Crippen LogP contribution in [0.1, 0.15) is 27.2 Å². The number of aromatic nitrogens is 2. The zero-order chi connectivity index (χ0) is 20.1. The molecule has 4 heterocycles. The van der Waals surface area contributed by atoms with Crippen LogP contribution in [0.3, 0.4) is 0 Å². The van der Waals surface area contributed by atoms with Crippen molar-refractivity contribution in [2.24, 2.45) is 0 Å². The molecule has 0 atom stereocenters. The summed E-state index contributed by atoms with van der Waals surface area (Å²) in [7, 11) is 0. The fourth-order valence-corrected chi connectivity index (χ4v) is 7.23. The highest BCUT2D eigenvalue weighted by atomic mass is 79.9. The molecule has 0 aliphatic carbocycles. The standard InChI is InChI=1S/C21H21BrN4OS2/c1-12-3-4-13(2)16(9-12)25-5-7-26(8-6-25)20(27)19-15-11-28-21-14(10-17(22)29-21)18(15)23-24-19/h3-4,9-10H,5-8,11H2,1-2H3,(H,23,24). The fraction of sp³-hybridized carbons (Fsp3) is 0.333. The van der Waals surface area contributed by atoms with Crippen LogP contribution in [0.25, 0.3) is 11.3 Å². The van der Waals surface area contributed by atoms with Crippen molar-refractivity contribution in [2.45, 2.75) is 23.8 Å². The van der Waals surface area contributed by atoms with E-state index in [1.165, 1.54) is 21.0 Å². The number of nitrogens with one attached hydrogen (secondary N) is 1. The number of thioether (sulfide) groups is 1. The summed E-state index contributed by atoms with van der Waals surface area (Å²) in [4.78, 5) is 17.6. The molecule has 3 aromatic rings. The van der Waals surface area contributed by atoms with Crippen LogP contribution in [0, 0.1) is 13.8 Å². The molecule has 0 unspecified atom stereocenters. The van der Waals surface area contributed by atoms with Gasteiger partial charge in [0.15, 0.2) is 0 Å². The first kappa shape index (κ1) is 19.2. The molecule has 0 bridgehead atoms. The Morgan fingerprint density at radius 2 is 1.97 bits per heavy atom. The summed E-state index contributed by atoms with van der Waals surface area (Å²) < 4.78 is 2.36. The third kappa shape index (κ3) is 3.41. The summed E-state index contributed by atoms with van der Waals surface area (Å²) in [6.45, 7) is 7.42. The summed E-state index contributed by atoms with van der Waals surface area (Å²) in [5.41, 5.74) is 7.58. The SMILES string of the molecule is Cc1ccc(C)c(N2CCN(C(=O)c3[nH]nc4c3CSc3sc(Br)cc3-4)CC2)c1. The van der Waals surface area contributed by atoms with E-state index < -0.39 is 0 Å². The van der Waals surface area contributed by atoms with Gasteiger partial charge in [0.05, 0.1) is 13.7 Å². The first-order chi connectivity index (χ1) is 14.0. The lowest BCUT2D eigenvalue weighted by molar-refractivity contribution is 0.0740.